The van der Waals surface area contributed by atoms with Gasteiger partial charge in [0.15, 0.2) is 5.78 Å². The highest BCUT2D eigenvalue weighted by molar-refractivity contribution is 6.59. The molecular formula is C8H10BNO3. The molecule has 0 atom stereocenters. The van der Waals surface area contributed by atoms with Gasteiger partial charge in [-0.2, -0.15) is 0 Å². The smallest absolute Gasteiger partial charge is 0.422 e. The lowest BCUT2D eigenvalue weighted by molar-refractivity contribution is 0.101. The number of hydrogen-bond acceptors (Lipinski definition) is 4. The molecule has 5 heteroatoms. The Balaban J connectivity index is 2.98. The summed E-state index contributed by atoms with van der Waals surface area (Å²) in [5.41, 5.74) is 0.990. The van der Waals surface area contributed by atoms with E-state index in [0.29, 0.717) is 11.0 Å². The van der Waals surface area contributed by atoms with Crippen molar-refractivity contribution in [2.24, 2.45) is 5.90 Å². The van der Waals surface area contributed by atoms with Crippen molar-refractivity contribution in [1.82, 2.24) is 0 Å². The molecule has 0 spiro atoms. The van der Waals surface area contributed by atoms with Crippen LogP contribution in [0, 0.1) is 0 Å². The lowest BCUT2D eigenvalue weighted by Crippen LogP contribution is -2.36. The van der Waals surface area contributed by atoms with E-state index in [2.05, 4.69) is 4.76 Å². The van der Waals surface area contributed by atoms with Crippen molar-refractivity contribution in [2.75, 3.05) is 0 Å². The number of rotatable bonds is 3. The van der Waals surface area contributed by atoms with Crippen molar-refractivity contribution in [1.29, 1.82) is 0 Å². The van der Waals surface area contributed by atoms with Crippen molar-refractivity contribution >= 4 is 18.4 Å². The molecule has 0 aliphatic rings. The SMILES string of the molecule is CC(=O)c1cccc(B(O)ON)c1. The summed E-state index contributed by atoms with van der Waals surface area (Å²) in [6, 6.07) is 6.49. The number of nitrogens with two attached hydrogens (primary N) is 1. The zero-order chi connectivity index (χ0) is 9.84. The number of carbonyl (C=O) groups is 1. The fourth-order valence-corrected chi connectivity index (χ4v) is 0.990. The highest BCUT2D eigenvalue weighted by atomic mass is 16.6. The molecule has 13 heavy (non-hydrogen) atoms. The van der Waals surface area contributed by atoms with E-state index in [1.54, 1.807) is 24.3 Å². The molecule has 1 rings (SSSR count). The molecule has 68 valence electrons. The summed E-state index contributed by atoms with van der Waals surface area (Å²) < 4.78 is 4.22. The molecule has 0 aliphatic carbocycles. The zero-order valence-corrected chi connectivity index (χ0v) is 7.23. The minimum absolute atomic E-state index is 0.0638. The van der Waals surface area contributed by atoms with Crippen molar-refractivity contribution in [3.63, 3.8) is 0 Å². The topological polar surface area (TPSA) is 72.5 Å². The Labute approximate surface area is 76.4 Å². The van der Waals surface area contributed by atoms with Crippen LogP contribution in [0.4, 0.5) is 0 Å². The van der Waals surface area contributed by atoms with Gasteiger partial charge in [0.05, 0.1) is 0 Å². The van der Waals surface area contributed by atoms with Crippen LogP contribution in [-0.4, -0.2) is 17.9 Å². The quantitative estimate of drug-likeness (QED) is 0.371. The highest BCUT2D eigenvalue weighted by Gasteiger charge is 2.15. The van der Waals surface area contributed by atoms with Crippen molar-refractivity contribution in [3.05, 3.63) is 29.8 Å². The van der Waals surface area contributed by atoms with Gasteiger partial charge in [-0.15, -0.1) is 0 Å². The van der Waals surface area contributed by atoms with Crippen LogP contribution < -0.4 is 11.4 Å². The van der Waals surface area contributed by atoms with Crippen molar-refractivity contribution < 1.29 is 14.6 Å². The van der Waals surface area contributed by atoms with E-state index in [9.17, 15) is 9.82 Å². The number of Topliss-reactive ketones (excluding diaryl/α,β-unsaturated/α-hetero) is 1. The number of benzene rings is 1. The standard InChI is InChI=1S/C8H10BNO3/c1-6(11)7-3-2-4-8(5-7)9(12)13-10/h2-5,12H,10H2,1H3. The Morgan fingerprint density at radius 3 is 2.85 bits per heavy atom. The van der Waals surface area contributed by atoms with Gasteiger partial charge in [0.2, 0.25) is 0 Å². The maximum Gasteiger partial charge on any atom is 0.508 e. The minimum atomic E-state index is -1.18. The van der Waals surface area contributed by atoms with Gasteiger partial charge in [0.1, 0.15) is 0 Å². The predicted octanol–water partition coefficient (Wildman–Crippen LogP) is -0.533. The maximum absolute atomic E-state index is 11.0. The Morgan fingerprint density at radius 1 is 1.62 bits per heavy atom. The lowest BCUT2D eigenvalue weighted by Gasteiger charge is -2.03. The first-order valence-electron chi connectivity index (χ1n) is 3.79. The van der Waals surface area contributed by atoms with E-state index in [0.717, 1.165) is 0 Å². The van der Waals surface area contributed by atoms with Gasteiger partial charge in [0, 0.05) is 5.56 Å². The van der Waals surface area contributed by atoms with Crippen LogP contribution >= 0.6 is 0 Å². The van der Waals surface area contributed by atoms with Crippen molar-refractivity contribution in [3.8, 4) is 0 Å². The van der Waals surface area contributed by atoms with Crippen LogP contribution in [0.25, 0.3) is 0 Å². The summed E-state index contributed by atoms with van der Waals surface area (Å²) >= 11 is 0. The van der Waals surface area contributed by atoms with E-state index in [4.69, 9.17) is 5.90 Å². The minimum Gasteiger partial charge on any atom is -0.422 e. The van der Waals surface area contributed by atoms with Crippen LogP contribution in [0.1, 0.15) is 17.3 Å². The van der Waals surface area contributed by atoms with E-state index < -0.39 is 7.12 Å². The fourth-order valence-electron chi connectivity index (χ4n) is 0.990. The second-order valence-corrected chi connectivity index (χ2v) is 2.67. The Bertz CT molecular complexity index is 316. The van der Waals surface area contributed by atoms with Crippen LogP contribution in [0.3, 0.4) is 0 Å². The van der Waals surface area contributed by atoms with Gasteiger partial charge in [0.25, 0.3) is 0 Å². The Kier molecular flexibility index (Phi) is 3.19. The average Bonchev–Trinajstić information content (AvgIpc) is 2.17. The third kappa shape index (κ3) is 2.38. The van der Waals surface area contributed by atoms with Crippen LogP contribution in [0.15, 0.2) is 24.3 Å². The molecule has 4 nitrogen and oxygen atoms in total. The molecule has 0 amide bonds. The number of ketones is 1. The molecule has 0 unspecified atom stereocenters. The molecule has 0 fully saturated rings. The second kappa shape index (κ2) is 4.18. The first kappa shape index (κ1) is 9.92. The second-order valence-electron chi connectivity index (χ2n) is 2.67. The summed E-state index contributed by atoms with van der Waals surface area (Å²) in [6.07, 6.45) is 0. The van der Waals surface area contributed by atoms with Gasteiger partial charge in [-0.25, -0.2) is 5.90 Å². The van der Waals surface area contributed by atoms with E-state index in [1.807, 2.05) is 0 Å². The summed E-state index contributed by atoms with van der Waals surface area (Å²) in [6.45, 7) is 1.45. The first-order chi connectivity index (χ1) is 6.15. The van der Waals surface area contributed by atoms with Gasteiger partial charge in [-0.05, 0) is 12.4 Å². The van der Waals surface area contributed by atoms with E-state index >= 15 is 0 Å². The molecule has 0 saturated heterocycles. The predicted molar refractivity (Wildman–Crippen MR) is 49.3 cm³/mol. The van der Waals surface area contributed by atoms with Crippen LogP contribution in [0.5, 0.6) is 0 Å². The Hall–Kier alpha value is -1.17. The molecular weight excluding hydrogens is 169 g/mol. The molecule has 0 aromatic heterocycles. The normalized spacial score (nSPS) is 9.77. The molecule has 1 aromatic rings. The summed E-state index contributed by atoms with van der Waals surface area (Å²) in [5.74, 6) is 4.73. The molecule has 0 radical (unpaired) electrons. The number of hydrogen-bond donors (Lipinski definition) is 2. The van der Waals surface area contributed by atoms with Gasteiger partial charge in [-0.3, -0.25) is 4.79 Å². The maximum atomic E-state index is 11.0. The largest absolute Gasteiger partial charge is 0.508 e. The third-order valence-corrected chi connectivity index (χ3v) is 1.71. The molecule has 0 heterocycles. The van der Waals surface area contributed by atoms with Crippen LogP contribution in [0.2, 0.25) is 0 Å². The van der Waals surface area contributed by atoms with E-state index in [1.165, 1.54) is 6.92 Å². The van der Waals surface area contributed by atoms with Gasteiger partial charge < -0.3 is 9.78 Å². The van der Waals surface area contributed by atoms with Crippen molar-refractivity contribution in [2.45, 2.75) is 6.92 Å². The molecule has 3 N–H and O–H groups in total. The average molecular weight is 179 g/mol. The molecule has 0 bridgehead atoms. The summed E-state index contributed by atoms with van der Waals surface area (Å²) in [7, 11) is -1.18. The summed E-state index contributed by atoms with van der Waals surface area (Å²) in [4.78, 5) is 11.0. The summed E-state index contributed by atoms with van der Waals surface area (Å²) in [5, 5.41) is 9.18. The Morgan fingerprint density at radius 2 is 2.31 bits per heavy atom. The van der Waals surface area contributed by atoms with Gasteiger partial charge in [-0.1, -0.05) is 24.3 Å². The molecule has 0 saturated carbocycles. The number of carbonyl (C=O) groups excluding carboxylic acids is 1. The fraction of sp³-hybridized carbons (Fsp3) is 0.125. The highest BCUT2D eigenvalue weighted by Crippen LogP contribution is 1.98. The third-order valence-electron chi connectivity index (χ3n) is 1.71. The zero-order valence-electron chi connectivity index (χ0n) is 7.23. The van der Waals surface area contributed by atoms with Gasteiger partial charge >= 0.3 is 7.12 Å². The van der Waals surface area contributed by atoms with Crippen LogP contribution in [-0.2, 0) is 4.76 Å². The van der Waals surface area contributed by atoms with E-state index in [-0.39, 0.29) is 5.78 Å². The first-order valence-corrected chi connectivity index (χ1v) is 3.79. The lowest BCUT2D eigenvalue weighted by atomic mass is 9.79. The monoisotopic (exact) mass is 179 g/mol. The molecule has 0 aliphatic heterocycles. The molecule has 1 aromatic carbocycles.